The third-order valence-electron chi connectivity index (χ3n) is 7.80. The molecule has 0 atom stereocenters. The summed E-state index contributed by atoms with van der Waals surface area (Å²) in [6, 6.07) is 5.31. The lowest BCUT2D eigenvalue weighted by Gasteiger charge is -2.37. The molecule has 184 valence electrons. The number of piperidine rings is 2. The highest BCUT2D eigenvalue weighted by molar-refractivity contribution is 7.89. The number of carbonyl (C=O) groups is 1. The lowest BCUT2D eigenvalue weighted by Crippen LogP contribution is -2.46. The first kappa shape index (κ1) is 24.6. The first-order valence-corrected chi connectivity index (χ1v) is 13.9. The number of benzene rings is 1. The molecule has 4 rings (SSSR count). The van der Waals surface area contributed by atoms with Gasteiger partial charge >= 0.3 is 0 Å². The van der Waals surface area contributed by atoms with E-state index in [4.69, 9.17) is 4.74 Å². The molecule has 0 unspecified atom stereocenters. The monoisotopic (exact) mass is 477 g/mol. The van der Waals surface area contributed by atoms with Crippen LogP contribution in [0.25, 0.3) is 0 Å². The molecule has 3 fully saturated rings. The molecule has 0 bridgehead atoms. The zero-order valence-electron chi connectivity index (χ0n) is 20.2. The predicted octanol–water partition coefficient (Wildman–Crippen LogP) is 2.67. The zero-order valence-corrected chi connectivity index (χ0v) is 21.0. The van der Waals surface area contributed by atoms with Crippen LogP contribution in [0.5, 0.6) is 0 Å². The first-order valence-electron chi connectivity index (χ1n) is 12.5. The summed E-state index contributed by atoms with van der Waals surface area (Å²) in [7, 11) is -3.50. The maximum atomic E-state index is 13.1. The molecule has 1 amide bonds. The molecule has 3 heterocycles. The molecular weight excluding hydrogens is 438 g/mol. The fraction of sp³-hybridized carbons (Fsp3) is 0.720. The van der Waals surface area contributed by atoms with Crippen molar-refractivity contribution in [3.63, 3.8) is 0 Å². The highest BCUT2D eigenvalue weighted by Crippen LogP contribution is 2.28. The van der Waals surface area contributed by atoms with Crippen LogP contribution in [0.15, 0.2) is 23.1 Å². The molecule has 3 saturated heterocycles. The van der Waals surface area contributed by atoms with Crippen molar-refractivity contribution in [2.24, 2.45) is 11.8 Å². The van der Waals surface area contributed by atoms with Crippen LogP contribution in [0.1, 0.15) is 43.2 Å². The molecule has 0 radical (unpaired) electrons. The number of likely N-dealkylation sites (tertiary alicyclic amines) is 1. The molecule has 0 saturated carbocycles. The van der Waals surface area contributed by atoms with Crippen molar-refractivity contribution >= 4 is 15.9 Å². The quantitative estimate of drug-likeness (QED) is 0.630. The summed E-state index contributed by atoms with van der Waals surface area (Å²) < 4.78 is 33.1. The van der Waals surface area contributed by atoms with E-state index in [9.17, 15) is 13.2 Å². The lowest BCUT2D eigenvalue weighted by atomic mass is 9.91. The third kappa shape index (κ3) is 5.96. The Kier molecular flexibility index (Phi) is 8.10. The second kappa shape index (κ2) is 10.8. The minimum atomic E-state index is -3.50. The molecule has 0 N–H and O–H groups in total. The Morgan fingerprint density at radius 3 is 2.24 bits per heavy atom. The van der Waals surface area contributed by atoms with Crippen molar-refractivity contribution in [1.82, 2.24) is 14.1 Å². The highest BCUT2D eigenvalue weighted by Gasteiger charge is 2.35. The SMILES string of the molecule is Cc1ccc(S(=O)(=O)N2CCC(C(=O)N3CCC(CCN4CCOCC4)CC3)CC2)cc1C. The van der Waals surface area contributed by atoms with Crippen molar-refractivity contribution in [3.05, 3.63) is 29.3 Å². The number of sulfonamides is 1. The second-order valence-corrected chi connectivity index (χ2v) is 11.9. The van der Waals surface area contributed by atoms with Gasteiger partial charge in [0.15, 0.2) is 0 Å². The van der Waals surface area contributed by atoms with Gasteiger partial charge in [-0.05, 0) is 81.7 Å². The van der Waals surface area contributed by atoms with E-state index in [0.717, 1.165) is 69.9 Å². The summed E-state index contributed by atoms with van der Waals surface area (Å²) in [6.45, 7) is 11.3. The number of ether oxygens (including phenoxy) is 1. The molecule has 0 aromatic heterocycles. The van der Waals surface area contributed by atoms with E-state index in [1.807, 2.05) is 24.8 Å². The second-order valence-electron chi connectivity index (χ2n) is 9.94. The predicted molar refractivity (Wildman–Crippen MR) is 129 cm³/mol. The third-order valence-corrected chi connectivity index (χ3v) is 9.70. The van der Waals surface area contributed by atoms with Crippen LogP contribution in [0.3, 0.4) is 0 Å². The molecule has 1 aromatic carbocycles. The van der Waals surface area contributed by atoms with Crippen molar-refractivity contribution < 1.29 is 17.9 Å². The number of amides is 1. The Bertz CT molecular complexity index is 914. The van der Waals surface area contributed by atoms with Gasteiger partial charge in [-0.2, -0.15) is 4.31 Å². The summed E-state index contributed by atoms with van der Waals surface area (Å²) in [6.07, 6.45) is 4.59. The van der Waals surface area contributed by atoms with Gasteiger partial charge in [0, 0.05) is 45.2 Å². The van der Waals surface area contributed by atoms with Crippen LogP contribution >= 0.6 is 0 Å². The Labute approximate surface area is 199 Å². The molecule has 33 heavy (non-hydrogen) atoms. The summed E-state index contributed by atoms with van der Waals surface area (Å²) in [4.78, 5) is 18.0. The number of carbonyl (C=O) groups excluding carboxylic acids is 1. The largest absolute Gasteiger partial charge is 0.379 e. The fourth-order valence-electron chi connectivity index (χ4n) is 5.26. The average molecular weight is 478 g/mol. The normalized spacial score (nSPS) is 22.5. The van der Waals surface area contributed by atoms with Crippen LogP contribution in [-0.4, -0.2) is 87.5 Å². The molecule has 3 aliphatic heterocycles. The van der Waals surface area contributed by atoms with E-state index < -0.39 is 10.0 Å². The smallest absolute Gasteiger partial charge is 0.243 e. The van der Waals surface area contributed by atoms with Crippen LogP contribution in [0.4, 0.5) is 0 Å². The Morgan fingerprint density at radius 2 is 1.61 bits per heavy atom. The van der Waals surface area contributed by atoms with Gasteiger partial charge in [0.1, 0.15) is 0 Å². The Balaban J connectivity index is 1.23. The highest BCUT2D eigenvalue weighted by atomic mass is 32.2. The van der Waals surface area contributed by atoms with Gasteiger partial charge in [0.05, 0.1) is 18.1 Å². The van der Waals surface area contributed by atoms with Gasteiger partial charge in [-0.15, -0.1) is 0 Å². The fourth-order valence-corrected chi connectivity index (χ4v) is 6.81. The number of rotatable bonds is 6. The number of morpholine rings is 1. The molecule has 7 nitrogen and oxygen atoms in total. The minimum absolute atomic E-state index is 0.0545. The van der Waals surface area contributed by atoms with Crippen molar-refractivity contribution in [2.45, 2.75) is 50.8 Å². The summed E-state index contributed by atoms with van der Waals surface area (Å²) in [5, 5.41) is 0. The van der Waals surface area contributed by atoms with Gasteiger partial charge in [-0.3, -0.25) is 9.69 Å². The number of hydrogen-bond donors (Lipinski definition) is 0. The van der Waals surface area contributed by atoms with E-state index >= 15 is 0 Å². The summed E-state index contributed by atoms with van der Waals surface area (Å²) in [5.41, 5.74) is 2.07. The average Bonchev–Trinajstić information content (AvgIpc) is 2.85. The van der Waals surface area contributed by atoms with Crippen LogP contribution in [0.2, 0.25) is 0 Å². The van der Waals surface area contributed by atoms with E-state index in [0.29, 0.717) is 36.7 Å². The first-order chi connectivity index (χ1) is 15.8. The van der Waals surface area contributed by atoms with E-state index in [-0.39, 0.29) is 11.8 Å². The lowest BCUT2D eigenvalue weighted by molar-refractivity contribution is -0.138. The maximum absolute atomic E-state index is 13.1. The number of hydrogen-bond acceptors (Lipinski definition) is 5. The minimum Gasteiger partial charge on any atom is -0.379 e. The standard InChI is InChI=1S/C25H39N3O4S/c1-20-3-4-24(19-21(20)2)33(30,31)28-13-8-23(9-14-28)25(29)27-11-6-22(7-12-27)5-10-26-15-17-32-18-16-26/h3-4,19,22-23H,5-18H2,1-2H3. The molecule has 1 aromatic rings. The molecular formula is C25H39N3O4S. The van der Waals surface area contributed by atoms with Crippen LogP contribution < -0.4 is 0 Å². The molecule has 3 aliphatic rings. The Morgan fingerprint density at radius 1 is 0.939 bits per heavy atom. The van der Waals surface area contributed by atoms with Gasteiger partial charge < -0.3 is 9.64 Å². The van der Waals surface area contributed by atoms with Gasteiger partial charge in [-0.1, -0.05) is 6.07 Å². The maximum Gasteiger partial charge on any atom is 0.243 e. The van der Waals surface area contributed by atoms with Gasteiger partial charge in [0.2, 0.25) is 15.9 Å². The Hall–Kier alpha value is -1.48. The van der Waals surface area contributed by atoms with E-state index in [1.54, 1.807) is 16.4 Å². The zero-order chi connectivity index (χ0) is 23.4. The topological polar surface area (TPSA) is 70.2 Å². The van der Waals surface area contributed by atoms with Crippen molar-refractivity contribution in [2.75, 3.05) is 59.0 Å². The molecule has 0 spiro atoms. The van der Waals surface area contributed by atoms with Gasteiger partial charge in [0.25, 0.3) is 0 Å². The van der Waals surface area contributed by atoms with Gasteiger partial charge in [-0.25, -0.2) is 8.42 Å². The van der Waals surface area contributed by atoms with Crippen LogP contribution in [0, 0.1) is 25.7 Å². The molecule has 0 aliphatic carbocycles. The number of nitrogens with zero attached hydrogens (tertiary/aromatic N) is 3. The van der Waals surface area contributed by atoms with Crippen molar-refractivity contribution in [3.8, 4) is 0 Å². The molecule has 8 heteroatoms. The van der Waals surface area contributed by atoms with Crippen molar-refractivity contribution in [1.29, 1.82) is 0 Å². The van der Waals surface area contributed by atoms with E-state index in [1.165, 1.54) is 6.42 Å². The number of aryl methyl sites for hydroxylation is 2. The van der Waals surface area contributed by atoms with Crippen LogP contribution in [-0.2, 0) is 19.6 Å². The summed E-state index contributed by atoms with van der Waals surface area (Å²) in [5.74, 6) is 0.868. The summed E-state index contributed by atoms with van der Waals surface area (Å²) >= 11 is 0. The van der Waals surface area contributed by atoms with E-state index in [2.05, 4.69) is 4.90 Å².